The molecule has 2 heterocycles. The molecule has 2 aromatic rings. The van der Waals surface area contributed by atoms with Gasteiger partial charge in [0.25, 0.3) is 0 Å². The molecule has 0 unspecified atom stereocenters. The summed E-state index contributed by atoms with van der Waals surface area (Å²) in [6, 6.07) is 0. The first-order chi connectivity index (χ1) is 10.8. The molecule has 3 N–H and O–H groups in total. The van der Waals surface area contributed by atoms with Gasteiger partial charge < -0.3 is 11.1 Å². The van der Waals surface area contributed by atoms with Gasteiger partial charge in [-0.1, -0.05) is 7.43 Å². The maximum atomic E-state index is 10.7. The van der Waals surface area contributed by atoms with Crippen molar-refractivity contribution >= 4 is 129 Å². The number of aromatic nitrogens is 2. The summed E-state index contributed by atoms with van der Waals surface area (Å²) in [5.74, 6) is 0.727. The highest BCUT2D eigenvalue weighted by atomic mass is 79.9. The topological polar surface area (TPSA) is 98.0 Å². The van der Waals surface area contributed by atoms with Crippen LogP contribution >= 0.6 is 106 Å². The molecule has 2 rings (SSSR count). The van der Waals surface area contributed by atoms with Gasteiger partial charge in [-0.3, -0.25) is 9.59 Å². The number of nitrogens with zero attached hydrogens (tertiary/aromatic N) is 2. The number of thiazole rings is 2. The number of alkyl halides is 2. The minimum atomic E-state index is -0.508. The van der Waals surface area contributed by atoms with Crippen LogP contribution in [-0.4, -0.2) is 32.9 Å². The van der Waals surface area contributed by atoms with Crippen molar-refractivity contribution in [3.8, 4) is 0 Å². The smallest absolute Gasteiger partial charge is 0.240 e. The summed E-state index contributed by atoms with van der Waals surface area (Å²) in [7, 11) is 0. The number of anilines is 2. The third-order valence-electron chi connectivity index (χ3n) is 1.46. The van der Waals surface area contributed by atoms with E-state index >= 15 is 0 Å². The van der Waals surface area contributed by atoms with Gasteiger partial charge in [-0.25, -0.2) is 9.97 Å². The molecule has 0 saturated carbocycles. The van der Waals surface area contributed by atoms with E-state index in [0.29, 0.717) is 11.6 Å². The standard InChI is InChI=1S/C5H4BrClN2OS.C3H3BrN2S.C2H2Cl2O.CH4.BrH/c6-5-9-3(2-11-5)8-4(10)1-7;4-3-6-2(5)1-7-3;3-1-2(4)5;;/h2H,1H2,(H,8,10);1H,5H2;1H2;1H4;1H. The van der Waals surface area contributed by atoms with E-state index in [4.69, 9.17) is 40.5 Å². The summed E-state index contributed by atoms with van der Waals surface area (Å²) in [5.41, 5.74) is 5.25. The molecular formula is C11H14Br3Cl3N4O2S2. The fourth-order valence-electron chi connectivity index (χ4n) is 0.749. The van der Waals surface area contributed by atoms with Gasteiger partial charge in [-0.15, -0.1) is 62.9 Å². The molecule has 0 aliphatic heterocycles. The van der Waals surface area contributed by atoms with E-state index in [-0.39, 0.29) is 42.1 Å². The third-order valence-corrected chi connectivity index (χ3v) is 4.97. The van der Waals surface area contributed by atoms with Crippen LogP contribution in [0, 0.1) is 0 Å². The number of carbonyl (C=O) groups is 2. The molecule has 0 aliphatic carbocycles. The predicted octanol–water partition coefficient (Wildman–Crippen LogP) is 5.78. The van der Waals surface area contributed by atoms with Gasteiger partial charge >= 0.3 is 0 Å². The lowest BCUT2D eigenvalue weighted by Crippen LogP contribution is -2.12. The SMILES string of the molecule is Br.C.Nc1csc(Br)n1.O=C(CCl)Nc1csc(Br)n1.O=C(Cl)CCl. The first-order valence-corrected chi connectivity index (χ1v) is 10.1. The first kappa shape index (κ1) is 30.2. The highest BCUT2D eigenvalue weighted by Gasteiger charge is 2.02. The van der Waals surface area contributed by atoms with Crippen molar-refractivity contribution < 1.29 is 9.59 Å². The van der Waals surface area contributed by atoms with Crippen LogP contribution in [0.1, 0.15) is 7.43 Å². The molecule has 0 saturated heterocycles. The highest BCUT2D eigenvalue weighted by molar-refractivity contribution is 9.11. The first-order valence-electron chi connectivity index (χ1n) is 5.36. The number of rotatable bonds is 3. The van der Waals surface area contributed by atoms with E-state index in [1.54, 1.807) is 10.8 Å². The van der Waals surface area contributed by atoms with Crippen LogP contribution in [0.4, 0.5) is 11.6 Å². The molecule has 0 bridgehead atoms. The van der Waals surface area contributed by atoms with Crippen LogP contribution in [0.2, 0.25) is 0 Å². The van der Waals surface area contributed by atoms with Crippen molar-refractivity contribution in [3.05, 3.63) is 18.6 Å². The van der Waals surface area contributed by atoms with Gasteiger partial charge in [0, 0.05) is 10.8 Å². The quantitative estimate of drug-likeness (QED) is 0.327. The van der Waals surface area contributed by atoms with Crippen molar-refractivity contribution in [1.29, 1.82) is 0 Å². The number of nitrogens with two attached hydrogens (primary N) is 1. The Morgan fingerprint density at radius 2 is 1.60 bits per heavy atom. The molecule has 6 nitrogen and oxygen atoms in total. The second kappa shape index (κ2) is 17.9. The summed E-state index contributed by atoms with van der Waals surface area (Å²) in [6.07, 6.45) is 0. The minimum Gasteiger partial charge on any atom is -0.383 e. The largest absolute Gasteiger partial charge is 0.383 e. The molecular weight excluding hydrogens is 630 g/mol. The van der Waals surface area contributed by atoms with E-state index in [1.165, 1.54) is 22.7 Å². The molecule has 0 aromatic carbocycles. The zero-order valence-corrected chi connectivity index (χ0v) is 20.3. The lowest BCUT2D eigenvalue weighted by molar-refractivity contribution is -0.114. The average Bonchev–Trinajstić information content (AvgIpc) is 3.08. The maximum absolute atomic E-state index is 10.7. The molecule has 0 radical (unpaired) electrons. The van der Waals surface area contributed by atoms with Crippen molar-refractivity contribution in [2.45, 2.75) is 7.43 Å². The molecule has 0 atom stereocenters. The van der Waals surface area contributed by atoms with E-state index in [0.717, 1.165) is 7.83 Å². The molecule has 144 valence electrons. The Morgan fingerprint density at radius 1 is 1.12 bits per heavy atom. The Kier molecular flexibility index (Phi) is 21.7. The van der Waals surface area contributed by atoms with Crippen LogP contribution < -0.4 is 11.1 Å². The number of hydrogen-bond donors (Lipinski definition) is 2. The van der Waals surface area contributed by atoms with Crippen LogP contribution in [0.5, 0.6) is 0 Å². The second-order valence-corrected chi connectivity index (χ2v) is 8.41. The number of halogens is 6. The number of nitrogens with one attached hydrogen (secondary N) is 1. The average molecular weight is 644 g/mol. The Balaban J connectivity index is -0.000000302. The predicted molar refractivity (Wildman–Crippen MR) is 122 cm³/mol. The van der Waals surface area contributed by atoms with Crippen LogP contribution in [-0.2, 0) is 9.59 Å². The summed E-state index contributed by atoms with van der Waals surface area (Å²) >= 11 is 24.0. The zero-order chi connectivity index (χ0) is 17.8. The van der Waals surface area contributed by atoms with E-state index in [9.17, 15) is 9.59 Å². The normalized spacial score (nSPS) is 8.36. The van der Waals surface area contributed by atoms with Crippen molar-refractivity contribution in [2.24, 2.45) is 0 Å². The van der Waals surface area contributed by atoms with E-state index < -0.39 is 5.24 Å². The van der Waals surface area contributed by atoms with Crippen LogP contribution in [0.15, 0.2) is 18.6 Å². The molecule has 25 heavy (non-hydrogen) atoms. The monoisotopic (exact) mass is 640 g/mol. The lowest BCUT2D eigenvalue weighted by Gasteiger charge is -1.94. The molecule has 2 aromatic heterocycles. The van der Waals surface area contributed by atoms with Gasteiger partial charge in [-0.2, -0.15) is 0 Å². The Hall–Kier alpha value is 0.510. The Morgan fingerprint density at radius 3 is 1.84 bits per heavy atom. The fraction of sp³-hybridized carbons (Fsp3) is 0.273. The Labute approximate surface area is 195 Å². The van der Waals surface area contributed by atoms with Crippen molar-refractivity contribution in [2.75, 3.05) is 22.8 Å². The van der Waals surface area contributed by atoms with E-state index in [1.807, 2.05) is 0 Å². The summed E-state index contributed by atoms with van der Waals surface area (Å²) < 4.78 is 1.58. The van der Waals surface area contributed by atoms with Crippen molar-refractivity contribution in [1.82, 2.24) is 9.97 Å². The van der Waals surface area contributed by atoms with Crippen LogP contribution in [0.3, 0.4) is 0 Å². The number of nitrogen functional groups attached to an aromatic ring is 1. The van der Waals surface area contributed by atoms with Gasteiger partial charge in [0.05, 0.1) is 5.88 Å². The number of amides is 1. The zero-order valence-electron chi connectivity index (χ0n) is 11.5. The molecule has 1 amide bonds. The van der Waals surface area contributed by atoms with E-state index in [2.05, 4.69) is 47.1 Å². The molecule has 14 heteroatoms. The fourth-order valence-corrected chi connectivity index (χ4v) is 2.67. The van der Waals surface area contributed by atoms with Gasteiger partial charge in [-0.05, 0) is 43.5 Å². The maximum Gasteiger partial charge on any atom is 0.240 e. The lowest BCUT2D eigenvalue weighted by atomic mass is 10.6. The number of carbonyl (C=O) groups excluding carboxylic acids is 2. The summed E-state index contributed by atoms with van der Waals surface area (Å²) in [4.78, 5) is 27.9. The summed E-state index contributed by atoms with van der Waals surface area (Å²) in [5, 5.41) is 5.52. The van der Waals surface area contributed by atoms with Crippen LogP contribution in [0.25, 0.3) is 0 Å². The second-order valence-electron chi connectivity index (χ2n) is 3.18. The van der Waals surface area contributed by atoms with Gasteiger partial charge in [0.2, 0.25) is 11.1 Å². The highest BCUT2D eigenvalue weighted by Crippen LogP contribution is 2.19. The Bertz CT molecular complexity index is 615. The molecule has 0 aliphatic rings. The number of hydrogen-bond acceptors (Lipinski definition) is 7. The summed E-state index contributed by atoms with van der Waals surface area (Å²) in [6.45, 7) is 0. The molecule has 0 fully saturated rings. The third kappa shape index (κ3) is 17.7. The van der Waals surface area contributed by atoms with Gasteiger partial charge in [0.1, 0.15) is 17.5 Å². The molecule has 0 spiro atoms. The minimum absolute atomic E-state index is 0. The van der Waals surface area contributed by atoms with Gasteiger partial charge in [0.15, 0.2) is 7.83 Å². The van der Waals surface area contributed by atoms with Crippen molar-refractivity contribution in [3.63, 3.8) is 0 Å².